The summed E-state index contributed by atoms with van der Waals surface area (Å²) in [6, 6.07) is 9.89. The van der Waals surface area contributed by atoms with Crippen molar-refractivity contribution in [2.75, 3.05) is 38.2 Å². The highest BCUT2D eigenvalue weighted by molar-refractivity contribution is 6.30. The number of hydrogen-bond donors (Lipinski definition) is 0. The molecule has 0 atom stereocenters. The van der Waals surface area contributed by atoms with E-state index in [1.165, 1.54) is 0 Å². The summed E-state index contributed by atoms with van der Waals surface area (Å²) in [6.07, 6.45) is 3.47. The average molecular weight is 439 g/mol. The number of carbonyl (C=O) groups excluding carboxylic acids is 1. The molecule has 0 spiro atoms. The van der Waals surface area contributed by atoms with E-state index in [0.29, 0.717) is 13.1 Å². The molecule has 31 heavy (non-hydrogen) atoms. The Kier molecular flexibility index (Phi) is 5.96. The second-order valence-electron chi connectivity index (χ2n) is 8.00. The highest BCUT2D eigenvalue weighted by Crippen LogP contribution is 2.37. The number of nitrogens with zero attached hydrogens (tertiary/aromatic N) is 2. The lowest BCUT2D eigenvalue weighted by Crippen LogP contribution is -2.48. The van der Waals surface area contributed by atoms with Gasteiger partial charge in [0.25, 0.3) is 0 Å². The fraction of sp³-hybridized carbons (Fsp3) is 0.320. The van der Waals surface area contributed by atoms with E-state index in [1.54, 1.807) is 19.4 Å². The number of anilines is 1. The van der Waals surface area contributed by atoms with Gasteiger partial charge in [0.15, 0.2) is 0 Å². The molecule has 1 aromatic heterocycles. The highest BCUT2D eigenvalue weighted by atomic mass is 35.5. The minimum atomic E-state index is 0.0203. The molecule has 0 N–H and O–H groups in total. The number of furan rings is 1. The lowest BCUT2D eigenvalue weighted by Gasteiger charge is -2.35. The van der Waals surface area contributed by atoms with Crippen molar-refractivity contribution in [2.45, 2.75) is 20.8 Å². The van der Waals surface area contributed by atoms with E-state index in [9.17, 15) is 4.79 Å². The predicted octanol–water partition coefficient (Wildman–Crippen LogP) is 5.46. The van der Waals surface area contributed by atoms with Gasteiger partial charge in [-0.25, -0.2) is 0 Å². The Balaban J connectivity index is 1.53. The molecular weight excluding hydrogens is 412 g/mol. The summed E-state index contributed by atoms with van der Waals surface area (Å²) in [6.45, 7) is 8.86. The maximum Gasteiger partial charge on any atom is 0.246 e. The Morgan fingerprint density at radius 1 is 1.16 bits per heavy atom. The van der Waals surface area contributed by atoms with Gasteiger partial charge in [0.05, 0.1) is 13.4 Å². The molecule has 5 nitrogen and oxygen atoms in total. The summed E-state index contributed by atoms with van der Waals surface area (Å²) in [5.41, 5.74) is 5.73. The molecule has 2 aromatic carbocycles. The molecule has 162 valence electrons. The third-order valence-electron chi connectivity index (χ3n) is 5.97. The molecule has 4 rings (SSSR count). The van der Waals surface area contributed by atoms with Crippen molar-refractivity contribution in [2.24, 2.45) is 0 Å². The van der Waals surface area contributed by atoms with Crippen LogP contribution in [-0.2, 0) is 4.79 Å². The zero-order chi connectivity index (χ0) is 22.1. The zero-order valence-electron chi connectivity index (χ0n) is 18.4. The number of carbonyl (C=O) groups is 1. The fourth-order valence-corrected chi connectivity index (χ4v) is 4.39. The first-order valence-corrected chi connectivity index (χ1v) is 10.8. The van der Waals surface area contributed by atoms with Crippen molar-refractivity contribution < 1.29 is 13.9 Å². The molecule has 1 aliphatic heterocycles. The van der Waals surface area contributed by atoms with Crippen LogP contribution in [0.5, 0.6) is 5.75 Å². The first kappa shape index (κ1) is 21.3. The Hall–Kier alpha value is -2.92. The molecule has 1 fully saturated rings. The second kappa shape index (κ2) is 8.67. The van der Waals surface area contributed by atoms with Gasteiger partial charge in [-0.3, -0.25) is 4.79 Å². The quantitative estimate of drug-likeness (QED) is 0.507. The van der Waals surface area contributed by atoms with E-state index in [2.05, 4.69) is 17.0 Å². The van der Waals surface area contributed by atoms with E-state index in [0.717, 1.165) is 62.8 Å². The van der Waals surface area contributed by atoms with Crippen molar-refractivity contribution in [3.8, 4) is 5.75 Å². The Labute approximate surface area is 187 Å². The van der Waals surface area contributed by atoms with E-state index in [4.69, 9.17) is 20.8 Å². The van der Waals surface area contributed by atoms with Crippen molar-refractivity contribution >= 4 is 39.7 Å². The summed E-state index contributed by atoms with van der Waals surface area (Å²) < 4.78 is 11.4. The van der Waals surface area contributed by atoms with Gasteiger partial charge in [-0.05, 0) is 56.2 Å². The molecule has 1 aliphatic rings. The molecule has 0 saturated carbocycles. The standard InChI is InChI=1S/C25H27ClN2O3/c1-16(21-14-22-17(2)15-31-25(22)18(3)24(21)30-4)12-23(29)28-10-8-27(9-11-28)20-7-5-6-19(26)13-20/h5-7,12-15H,8-11H2,1-4H3/b16-12+. The molecular formula is C25H27ClN2O3. The largest absolute Gasteiger partial charge is 0.496 e. The van der Waals surface area contributed by atoms with Gasteiger partial charge >= 0.3 is 0 Å². The van der Waals surface area contributed by atoms with E-state index in [-0.39, 0.29) is 5.91 Å². The summed E-state index contributed by atoms with van der Waals surface area (Å²) in [5.74, 6) is 0.765. The molecule has 0 bridgehead atoms. The van der Waals surface area contributed by atoms with Crippen LogP contribution in [0.1, 0.15) is 23.6 Å². The lowest BCUT2D eigenvalue weighted by atomic mass is 9.98. The number of piperazine rings is 1. The minimum Gasteiger partial charge on any atom is -0.496 e. The average Bonchev–Trinajstić information content (AvgIpc) is 3.14. The molecule has 3 aromatic rings. The van der Waals surface area contributed by atoms with Crippen molar-refractivity contribution in [1.82, 2.24) is 4.90 Å². The molecule has 0 radical (unpaired) electrons. The minimum absolute atomic E-state index is 0.0203. The van der Waals surface area contributed by atoms with Crippen molar-refractivity contribution in [3.05, 3.63) is 64.4 Å². The van der Waals surface area contributed by atoms with Crippen LogP contribution in [0.15, 0.2) is 47.1 Å². The summed E-state index contributed by atoms with van der Waals surface area (Å²) >= 11 is 6.12. The van der Waals surface area contributed by atoms with E-state index >= 15 is 0 Å². The summed E-state index contributed by atoms with van der Waals surface area (Å²) in [5, 5.41) is 1.77. The monoisotopic (exact) mass is 438 g/mol. The van der Waals surface area contributed by atoms with Crippen LogP contribution in [0.2, 0.25) is 5.02 Å². The number of ether oxygens (including phenoxy) is 1. The maximum atomic E-state index is 13.0. The van der Waals surface area contributed by atoms with Crippen LogP contribution in [0.25, 0.3) is 16.5 Å². The van der Waals surface area contributed by atoms with Gasteiger partial charge in [-0.15, -0.1) is 0 Å². The number of fused-ring (bicyclic) bond motifs is 1. The number of aryl methyl sites for hydroxylation is 2. The normalized spacial score (nSPS) is 14.9. The lowest BCUT2D eigenvalue weighted by molar-refractivity contribution is -0.126. The third kappa shape index (κ3) is 4.15. The second-order valence-corrected chi connectivity index (χ2v) is 8.43. The zero-order valence-corrected chi connectivity index (χ0v) is 19.1. The highest BCUT2D eigenvalue weighted by Gasteiger charge is 2.22. The van der Waals surface area contributed by atoms with Crippen molar-refractivity contribution in [1.29, 1.82) is 0 Å². The number of benzene rings is 2. The topological polar surface area (TPSA) is 45.9 Å². The molecule has 0 aliphatic carbocycles. The molecule has 6 heteroatoms. The van der Waals surface area contributed by atoms with Gasteiger partial charge in [0.1, 0.15) is 11.3 Å². The van der Waals surface area contributed by atoms with E-state index < -0.39 is 0 Å². The number of allylic oxidation sites excluding steroid dienone is 1. The molecule has 0 unspecified atom stereocenters. The first-order chi connectivity index (χ1) is 14.9. The van der Waals surface area contributed by atoms with Gasteiger partial charge in [0.2, 0.25) is 5.91 Å². The van der Waals surface area contributed by atoms with Crippen LogP contribution < -0.4 is 9.64 Å². The maximum absolute atomic E-state index is 13.0. The smallest absolute Gasteiger partial charge is 0.246 e. The van der Waals surface area contributed by atoms with Crippen LogP contribution in [0, 0.1) is 13.8 Å². The van der Waals surface area contributed by atoms with Crippen molar-refractivity contribution in [3.63, 3.8) is 0 Å². The molecule has 1 amide bonds. The SMILES string of the molecule is COc1c(/C(C)=C/C(=O)N2CCN(c3cccc(Cl)c3)CC2)cc2c(C)coc2c1C. The number of hydrogen-bond acceptors (Lipinski definition) is 4. The van der Waals surface area contributed by atoms with Gasteiger partial charge in [-0.2, -0.15) is 0 Å². The number of halogens is 1. The molecule has 1 saturated heterocycles. The summed E-state index contributed by atoms with van der Waals surface area (Å²) in [4.78, 5) is 17.1. The third-order valence-corrected chi connectivity index (χ3v) is 6.21. The Morgan fingerprint density at radius 2 is 1.90 bits per heavy atom. The molecule has 2 heterocycles. The number of amides is 1. The first-order valence-electron chi connectivity index (χ1n) is 10.4. The van der Waals surface area contributed by atoms with Gasteiger partial charge in [0, 0.05) is 59.5 Å². The summed E-state index contributed by atoms with van der Waals surface area (Å²) in [7, 11) is 1.65. The Morgan fingerprint density at radius 3 is 2.58 bits per heavy atom. The van der Waals surface area contributed by atoms with Crippen LogP contribution in [0.3, 0.4) is 0 Å². The number of rotatable bonds is 4. The van der Waals surface area contributed by atoms with E-state index in [1.807, 2.05) is 43.9 Å². The Bertz CT molecular complexity index is 1160. The van der Waals surface area contributed by atoms with Gasteiger partial charge in [-0.1, -0.05) is 17.7 Å². The van der Waals surface area contributed by atoms with Crippen LogP contribution in [-0.4, -0.2) is 44.1 Å². The fourth-order valence-electron chi connectivity index (χ4n) is 4.21. The number of methoxy groups -OCH3 is 1. The predicted molar refractivity (Wildman–Crippen MR) is 126 cm³/mol. The van der Waals surface area contributed by atoms with Crippen LogP contribution in [0.4, 0.5) is 5.69 Å². The van der Waals surface area contributed by atoms with Crippen LogP contribution >= 0.6 is 11.6 Å². The van der Waals surface area contributed by atoms with Gasteiger partial charge < -0.3 is 19.0 Å².